The van der Waals surface area contributed by atoms with Gasteiger partial charge in [-0.25, -0.2) is 0 Å². The van der Waals surface area contributed by atoms with Gasteiger partial charge in [-0.1, -0.05) is 0 Å². The number of piperazine rings is 1. The van der Waals surface area contributed by atoms with Crippen LogP contribution < -0.4 is 5.73 Å². The first-order valence-electron chi connectivity index (χ1n) is 6.30. The van der Waals surface area contributed by atoms with E-state index in [9.17, 15) is 8.42 Å². The van der Waals surface area contributed by atoms with Crippen LogP contribution in [0.15, 0.2) is 0 Å². The Morgan fingerprint density at radius 1 is 1.00 bits per heavy atom. The van der Waals surface area contributed by atoms with Crippen LogP contribution in [-0.2, 0) is 10.2 Å². The molecule has 0 aromatic heterocycles. The quantitative estimate of drug-likeness (QED) is 0.502. The molecular formula is C10H21N5O2S. The van der Waals surface area contributed by atoms with E-state index in [1.165, 1.54) is 0 Å². The van der Waals surface area contributed by atoms with Crippen LogP contribution >= 0.6 is 0 Å². The SMILES string of the molecule is N=C(N)CN1CCN(S(=O)(=O)N2CCCC2)CC1. The molecule has 0 aromatic carbocycles. The predicted octanol–water partition coefficient (Wildman–Crippen LogP) is -1.12. The highest BCUT2D eigenvalue weighted by molar-refractivity contribution is 7.86. The summed E-state index contributed by atoms with van der Waals surface area (Å²) >= 11 is 0. The Morgan fingerprint density at radius 3 is 2.00 bits per heavy atom. The standard InChI is InChI=1S/C10H21N5O2S/c11-10(12)9-13-5-7-15(8-6-13)18(16,17)14-3-1-2-4-14/h1-9H2,(H3,11,12). The van der Waals surface area contributed by atoms with E-state index in [2.05, 4.69) is 0 Å². The van der Waals surface area contributed by atoms with Gasteiger partial charge in [0.05, 0.1) is 6.54 Å². The van der Waals surface area contributed by atoms with E-state index < -0.39 is 10.2 Å². The monoisotopic (exact) mass is 275 g/mol. The summed E-state index contributed by atoms with van der Waals surface area (Å²) in [5.41, 5.74) is 5.34. The summed E-state index contributed by atoms with van der Waals surface area (Å²) in [4.78, 5) is 2.01. The van der Waals surface area contributed by atoms with E-state index in [0.717, 1.165) is 12.8 Å². The van der Waals surface area contributed by atoms with Gasteiger partial charge in [0.2, 0.25) is 0 Å². The van der Waals surface area contributed by atoms with Crippen molar-refractivity contribution in [2.75, 3.05) is 45.8 Å². The van der Waals surface area contributed by atoms with Gasteiger partial charge >= 0.3 is 0 Å². The molecule has 18 heavy (non-hydrogen) atoms. The van der Waals surface area contributed by atoms with Crippen molar-refractivity contribution < 1.29 is 8.42 Å². The number of nitrogens with one attached hydrogen (secondary N) is 1. The van der Waals surface area contributed by atoms with Crippen LogP contribution in [0.4, 0.5) is 0 Å². The van der Waals surface area contributed by atoms with E-state index in [4.69, 9.17) is 11.1 Å². The zero-order valence-electron chi connectivity index (χ0n) is 10.5. The number of nitrogens with two attached hydrogens (primary N) is 1. The molecule has 0 aliphatic carbocycles. The molecule has 0 radical (unpaired) electrons. The second-order valence-corrected chi connectivity index (χ2v) is 6.74. The average Bonchev–Trinajstić information content (AvgIpc) is 2.83. The van der Waals surface area contributed by atoms with Crippen LogP contribution in [-0.4, -0.2) is 73.6 Å². The Balaban J connectivity index is 1.90. The van der Waals surface area contributed by atoms with Gasteiger partial charge in [-0.05, 0) is 12.8 Å². The number of amidine groups is 1. The van der Waals surface area contributed by atoms with Gasteiger partial charge < -0.3 is 5.73 Å². The average molecular weight is 275 g/mol. The molecule has 0 unspecified atom stereocenters. The highest BCUT2D eigenvalue weighted by atomic mass is 32.2. The Bertz CT molecular complexity index is 396. The summed E-state index contributed by atoms with van der Waals surface area (Å²) in [6.07, 6.45) is 1.92. The maximum atomic E-state index is 12.3. The first-order chi connectivity index (χ1) is 8.50. The van der Waals surface area contributed by atoms with Crippen molar-refractivity contribution in [2.45, 2.75) is 12.8 Å². The molecule has 2 rings (SSSR count). The van der Waals surface area contributed by atoms with E-state index in [0.29, 0.717) is 45.8 Å². The van der Waals surface area contributed by atoms with Crippen molar-refractivity contribution in [2.24, 2.45) is 5.73 Å². The Hall–Kier alpha value is -0.700. The largest absolute Gasteiger partial charge is 0.387 e. The van der Waals surface area contributed by atoms with Crippen LogP contribution in [0.5, 0.6) is 0 Å². The first kappa shape index (κ1) is 13.7. The Kier molecular flexibility index (Phi) is 4.21. The number of hydrogen-bond donors (Lipinski definition) is 2. The lowest BCUT2D eigenvalue weighted by Gasteiger charge is -2.35. The topological polar surface area (TPSA) is 93.7 Å². The van der Waals surface area contributed by atoms with Gasteiger partial charge in [0, 0.05) is 39.3 Å². The molecule has 0 atom stereocenters. The highest BCUT2D eigenvalue weighted by Crippen LogP contribution is 2.17. The lowest BCUT2D eigenvalue weighted by molar-refractivity contribution is 0.201. The molecule has 0 saturated carbocycles. The third kappa shape index (κ3) is 3.00. The predicted molar refractivity (Wildman–Crippen MR) is 69.7 cm³/mol. The first-order valence-corrected chi connectivity index (χ1v) is 7.70. The second-order valence-electron chi connectivity index (χ2n) is 4.81. The second kappa shape index (κ2) is 5.52. The normalized spacial score (nSPS) is 24.4. The minimum absolute atomic E-state index is 0.130. The van der Waals surface area contributed by atoms with Crippen molar-refractivity contribution in [3.63, 3.8) is 0 Å². The molecule has 2 aliphatic heterocycles. The summed E-state index contributed by atoms with van der Waals surface area (Å²) in [6, 6.07) is 0. The number of rotatable bonds is 4. The van der Waals surface area contributed by atoms with E-state index in [-0.39, 0.29) is 5.84 Å². The van der Waals surface area contributed by atoms with E-state index >= 15 is 0 Å². The Morgan fingerprint density at radius 2 is 1.50 bits per heavy atom. The molecule has 0 amide bonds. The lowest BCUT2D eigenvalue weighted by atomic mass is 10.3. The maximum Gasteiger partial charge on any atom is 0.282 e. The fourth-order valence-corrected chi connectivity index (χ4v) is 4.11. The molecule has 2 saturated heterocycles. The molecule has 2 aliphatic rings. The summed E-state index contributed by atoms with van der Waals surface area (Å²) in [7, 11) is -3.26. The minimum atomic E-state index is -3.26. The molecular weight excluding hydrogens is 254 g/mol. The maximum absolute atomic E-state index is 12.3. The van der Waals surface area contributed by atoms with Crippen LogP contribution in [0.25, 0.3) is 0 Å². The molecule has 2 fully saturated rings. The summed E-state index contributed by atoms with van der Waals surface area (Å²) in [6.45, 7) is 4.00. The van der Waals surface area contributed by atoms with Gasteiger partial charge in [-0.2, -0.15) is 17.0 Å². The fraction of sp³-hybridized carbons (Fsp3) is 0.900. The van der Waals surface area contributed by atoms with Crippen LogP contribution in [0.3, 0.4) is 0 Å². The smallest absolute Gasteiger partial charge is 0.282 e. The van der Waals surface area contributed by atoms with Crippen molar-refractivity contribution in [1.82, 2.24) is 13.5 Å². The third-order valence-corrected chi connectivity index (χ3v) is 5.48. The molecule has 0 bridgehead atoms. The van der Waals surface area contributed by atoms with E-state index in [1.807, 2.05) is 4.90 Å². The number of hydrogen-bond acceptors (Lipinski definition) is 4. The van der Waals surface area contributed by atoms with Gasteiger partial charge in [0.15, 0.2) is 0 Å². The molecule has 7 nitrogen and oxygen atoms in total. The molecule has 0 spiro atoms. The van der Waals surface area contributed by atoms with Gasteiger partial charge in [0.25, 0.3) is 10.2 Å². The van der Waals surface area contributed by atoms with Gasteiger partial charge in [0.1, 0.15) is 5.84 Å². The van der Waals surface area contributed by atoms with Crippen LogP contribution in [0.1, 0.15) is 12.8 Å². The minimum Gasteiger partial charge on any atom is -0.387 e. The zero-order chi connectivity index (χ0) is 13.2. The highest BCUT2D eigenvalue weighted by Gasteiger charge is 2.33. The van der Waals surface area contributed by atoms with E-state index in [1.54, 1.807) is 8.61 Å². The third-order valence-electron chi connectivity index (χ3n) is 3.44. The van der Waals surface area contributed by atoms with Crippen molar-refractivity contribution in [3.8, 4) is 0 Å². The number of nitrogens with zero attached hydrogens (tertiary/aromatic N) is 3. The van der Waals surface area contributed by atoms with Gasteiger partial charge in [-0.3, -0.25) is 10.3 Å². The van der Waals surface area contributed by atoms with Crippen LogP contribution in [0.2, 0.25) is 0 Å². The van der Waals surface area contributed by atoms with Crippen molar-refractivity contribution in [1.29, 1.82) is 5.41 Å². The van der Waals surface area contributed by atoms with Crippen molar-refractivity contribution >= 4 is 16.0 Å². The fourth-order valence-electron chi connectivity index (χ4n) is 2.44. The lowest BCUT2D eigenvalue weighted by Crippen LogP contribution is -2.53. The molecule has 2 heterocycles. The summed E-state index contributed by atoms with van der Waals surface area (Å²) < 4.78 is 27.7. The molecule has 3 N–H and O–H groups in total. The molecule has 8 heteroatoms. The molecule has 0 aromatic rings. The molecule has 104 valence electrons. The van der Waals surface area contributed by atoms with Crippen LogP contribution in [0, 0.1) is 5.41 Å². The van der Waals surface area contributed by atoms with Gasteiger partial charge in [-0.15, -0.1) is 0 Å². The summed E-state index contributed by atoms with van der Waals surface area (Å²) in [5.74, 6) is 0.130. The van der Waals surface area contributed by atoms with Crippen molar-refractivity contribution in [3.05, 3.63) is 0 Å². The Labute approximate surface area is 108 Å². The zero-order valence-corrected chi connectivity index (χ0v) is 11.3. The summed E-state index contributed by atoms with van der Waals surface area (Å²) in [5, 5.41) is 7.24.